The lowest BCUT2D eigenvalue weighted by molar-refractivity contribution is 0.509. The maximum absolute atomic E-state index is 13.5. The number of fused-ring (bicyclic) bond motifs is 1. The maximum atomic E-state index is 13.5. The summed E-state index contributed by atoms with van der Waals surface area (Å²) in [6.07, 6.45) is 0. The van der Waals surface area contributed by atoms with Crippen LogP contribution in [0.4, 0.5) is 15.9 Å². The maximum Gasteiger partial charge on any atom is 0.141 e. The number of halogens is 2. The molecule has 4 rings (SSSR count). The molecule has 0 saturated carbocycles. The highest BCUT2D eigenvalue weighted by molar-refractivity contribution is 6.31. The summed E-state index contributed by atoms with van der Waals surface area (Å²) in [5, 5.41) is 6.90. The molecule has 4 nitrogen and oxygen atoms in total. The monoisotopic (exact) mass is 356 g/mol. The van der Waals surface area contributed by atoms with Crippen molar-refractivity contribution in [3.8, 4) is 11.3 Å². The Morgan fingerprint density at radius 3 is 2.76 bits per heavy atom. The highest BCUT2D eigenvalue weighted by atomic mass is 35.5. The van der Waals surface area contributed by atoms with Crippen LogP contribution >= 0.6 is 11.6 Å². The van der Waals surface area contributed by atoms with Crippen molar-refractivity contribution < 1.29 is 4.39 Å². The minimum Gasteiger partial charge on any atom is -0.340 e. The van der Waals surface area contributed by atoms with E-state index in [1.54, 1.807) is 12.1 Å². The van der Waals surface area contributed by atoms with Gasteiger partial charge in [0.25, 0.3) is 0 Å². The number of imidazole rings is 1. The van der Waals surface area contributed by atoms with Crippen molar-refractivity contribution >= 4 is 23.1 Å². The average Bonchev–Trinajstić information content (AvgIpc) is 2.98. The molecule has 2 heterocycles. The van der Waals surface area contributed by atoms with E-state index in [4.69, 9.17) is 16.6 Å². The van der Waals surface area contributed by atoms with Gasteiger partial charge in [-0.2, -0.15) is 0 Å². The van der Waals surface area contributed by atoms with Gasteiger partial charge in [0.15, 0.2) is 0 Å². The minimum absolute atomic E-state index is 0.0999. The van der Waals surface area contributed by atoms with Crippen molar-refractivity contribution in [3.63, 3.8) is 0 Å². The molecule has 0 spiro atoms. The molecule has 0 aliphatic carbocycles. The van der Waals surface area contributed by atoms with Gasteiger partial charge in [-0.1, -0.05) is 29.3 Å². The first kappa shape index (κ1) is 16.1. The van der Waals surface area contributed by atoms with E-state index in [-0.39, 0.29) is 5.02 Å². The Hall–Kier alpha value is -2.37. The minimum atomic E-state index is -0.427. The zero-order valence-corrected chi connectivity index (χ0v) is 14.6. The molecule has 128 valence electrons. The molecule has 25 heavy (non-hydrogen) atoms. The fourth-order valence-corrected chi connectivity index (χ4v) is 3.19. The normalized spacial score (nSPS) is 13.6. The second-order valence-corrected chi connectivity index (χ2v) is 6.58. The zero-order valence-electron chi connectivity index (χ0n) is 13.8. The first-order valence-corrected chi connectivity index (χ1v) is 8.59. The predicted octanol–water partition coefficient (Wildman–Crippen LogP) is 4.50. The van der Waals surface area contributed by atoms with Crippen LogP contribution in [0.15, 0.2) is 42.5 Å². The molecule has 0 radical (unpaired) electrons. The quantitative estimate of drug-likeness (QED) is 0.726. The standard InChI is InChI=1S/C19H18ClFN4/c1-12-2-5-14(6-3-12)23-19-18(13-4-7-16(21)15(20)10-13)24-17-11-22-8-9-25(17)19/h2-7,10,22-23H,8-9,11H2,1H3. The molecule has 0 bridgehead atoms. The summed E-state index contributed by atoms with van der Waals surface area (Å²) in [7, 11) is 0. The van der Waals surface area contributed by atoms with Gasteiger partial charge in [0.05, 0.1) is 11.6 Å². The predicted molar refractivity (Wildman–Crippen MR) is 98.8 cm³/mol. The Labute approximate surface area is 150 Å². The van der Waals surface area contributed by atoms with Gasteiger partial charge >= 0.3 is 0 Å². The molecule has 1 aliphatic heterocycles. The Bertz CT molecular complexity index is 918. The molecular formula is C19H18ClFN4. The van der Waals surface area contributed by atoms with Crippen LogP contribution in [0.3, 0.4) is 0 Å². The molecule has 0 saturated heterocycles. The Morgan fingerprint density at radius 1 is 1.20 bits per heavy atom. The molecule has 2 aromatic carbocycles. The SMILES string of the molecule is Cc1ccc(Nc2c(-c3ccc(F)c(Cl)c3)nc3n2CCNC3)cc1. The van der Waals surface area contributed by atoms with Crippen LogP contribution < -0.4 is 10.6 Å². The van der Waals surface area contributed by atoms with Gasteiger partial charge in [-0.05, 0) is 37.3 Å². The highest BCUT2D eigenvalue weighted by Crippen LogP contribution is 2.33. The second kappa shape index (κ2) is 6.50. The lowest BCUT2D eigenvalue weighted by Crippen LogP contribution is -2.28. The van der Waals surface area contributed by atoms with Gasteiger partial charge in [-0.25, -0.2) is 9.37 Å². The van der Waals surface area contributed by atoms with Crippen LogP contribution in [0.5, 0.6) is 0 Å². The van der Waals surface area contributed by atoms with E-state index >= 15 is 0 Å². The van der Waals surface area contributed by atoms with E-state index in [2.05, 4.69) is 34.3 Å². The van der Waals surface area contributed by atoms with E-state index < -0.39 is 5.82 Å². The summed E-state index contributed by atoms with van der Waals surface area (Å²) in [6, 6.07) is 12.9. The van der Waals surface area contributed by atoms with Crippen LogP contribution in [-0.4, -0.2) is 16.1 Å². The summed E-state index contributed by atoms with van der Waals surface area (Å²) < 4.78 is 15.7. The number of aryl methyl sites for hydroxylation is 1. The second-order valence-electron chi connectivity index (χ2n) is 6.17. The molecule has 2 N–H and O–H groups in total. The van der Waals surface area contributed by atoms with Gasteiger partial charge in [0, 0.05) is 24.3 Å². The van der Waals surface area contributed by atoms with Crippen LogP contribution in [0.25, 0.3) is 11.3 Å². The summed E-state index contributed by atoms with van der Waals surface area (Å²) >= 11 is 5.98. The van der Waals surface area contributed by atoms with Gasteiger partial charge in [0.2, 0.25) is 0 Å². The Morgan fingerprint density at radius 2 is 2.00 bits per heavy atom. The van der Waals surface area contributed by atoms with Crippen LogP contribution in [0, 0.1) is 12.7 Å². The smallest absolute Gasteiger partial charge is 0.141 e. The molecule has 0 unspecified atom stereocenters. The van der Waals surface area contributed by atoms with Crippen molar-refractivity contribution in [3.05, 3.63) is 64.7 Å². The van der Waals surface area contributed by atoms with Crippen molar-refractivity contribution in [2.75, 3.05) is 11.9 Å². The third-order valence-corrected chi connectivity index (χ3v) is 4.64. The number of nitrogens with one attached hydrogen (secondary N) is 2. The van der Waals surface area contributed by atoms with Gasteiger partial charge < -0.3 is 15.2 Å². The van der Waals surface area contributed by atoms with E-state index in [1.807, 2.05) is 12.1 Å². The van der Waals surface area contributed by atoms with Gasteiger partial charge in [0.1, 0.15) is 23.2 Å². The third-order valence-electron chi connectivity index (χ3n) is 4.35. The van der Waals surface area contributed by atoms with Crippen molar-refractivity contribution in [2.45, 2.75) is 20.0 Å². The summed E-state index contributed by atoms with van der Waals surface area (Å²) in [4.78, 5) is 4.76. The largest absolute Gasteiger partial charge is 0.340 e. The fraction of sp³-hybridized carbons (Fsp3) is 0.211. The van der Waals surface area contributed by atoms with E-state index in [1.165, 1.54) is 11.6 Å². The average molecular weight is 357 g/mol. The number of aromatic nitrogens is 2. The topological polar surface area (TPSA) is 41.9 Å². The number of benzene rings is 2. The van der Waals surface area contributed by atoms with E-state index in [9.17, 15) is 4.39 Å². The zero-order chi connectivity index (χ0) is 17.4. The van der Waals surface area contributed by atoms with E-state index in [0.717, 1.165) is 41.7 Å². The molecule has 6 heteroatoms. The molecule has 1 aromatic heterocycles. The van der Waals surface area contributed by atoms with Gasteiger partial charge in [-0.3, -0.25) is 0 Å². The summed E-state index contributed by atoms with van der Waals surface area (Å²) in [5.74, 6) is 1.43. The molecule has 0 amide bonds. The molecule has 1 aliphatic rings. The Kier molecular flexibility index (Phi) is 4.19. The fourth-order valence-electron chi connectivity index (χ4n) is 3.01. The van der Waals surface area contributed by atoms with Gasteiger partial charge in [-0.15, -0.1) is 0 Å². The Balaban J connectivity index is 1.81. The molecule has 0 atom stereocenters. The lowest BCUT2D eigenvalue weighted by atomic mass is 10.1. The van der Waals surface area contributed by atoms with Crippen molar-refractivity contribution in [2.24, 2.45) is 0 Å². The third kappa shape index (κ3) is 3.13. The van der Waals surface area contributed by atoms with Crippen molar-refractivity contribution in [1.82, 2.24) is 14.9 Å². The van der Waals surface area contributed by atoms with Crippen LogP contribution in [0.2, 0.25) is 5.02 Å². The number of anilines is 2. The van der Waals surface area contributed by atoms with Crippen LogP contribution in [0.1, 0.15) is 11.4 Å². The molecule has 0 fully saturated rings. The molecule has 3 aromatic rings. The summed E-state index contributed by atoms with van der Waals surface area (Å²) in [5.41, 5.74) is 3.76. The van der Waals surface area contributed by atoms with E-state index in [0.29, 0.717) is 6.54 Å². The molecular weight excluding hydrogens is 339 g/mol. The van der Waals surface area contributed by atoms with Crippen molar-refractivity contribution in [1.29, 1.82) is 0 Å². The lowest BCUT2D eigenvalue weighted by Gasteiger charge is -2.18. The number of nitrogens with zero attached hydrogens (tertiary/aromatic N) is 2. The number of hydrogen-bond donors (Lipinski definition) is 2. The number of hydrogen-bond acceptors (Lipinski definition) is 3. The summed E-state index contributed by atoms with van der Waals surface area (Å²) in [6.45, 7) is 4.47. The first-order chi connectivity index (χ1) is 12.1. The highest BCUT2D eigenvalue weighted by Gasteiger charge is 2.21. The van der Waals surface area contributed by atoms with Crippen LogP contribution in [-0.2, 0) is 13.1 Å². The first-order valence-electron chi connectivity index (χ1n) is 8.21. The number of rotatable bonds is 3.